The third kappa shape index (κ3) is 9.67. The van der Waals surface area contributed by atoms with Gasteiger partial charge in [0.1, 0.15) is 17.4 Å². The molecule has 2 heterocycles. The monoisotopic (exact) mass is 750 g/mol. The average Bonchev–Trinajstić information content (AvgIpc) is 3.21. The number of nitrogens with zero attached hydrogens (tertiary/aromatic N) is 4. The standard InChI is InChI=1S/C41H41F2N7O5/c1-55-37-20-19-33(27-36(37)46-40(52)39(51)45-32-7-3-2-4-8-32)50(38-35(47-54)10-5-21-44-38)41(53)49-25-23-48(24-26-49)22-6-9-34(28-11-15-30(42)16-12-28)29-13-17-31(43)18-14-29/h2-5,7-8,10-21,27,34,47,54H,6,9,22-26H2,1H3,(H,45,51)(H,46,52)/p+1. The van der Waals surface area contributed by atoms with Gasteiger partial charge in [-0.15, -0.1) is 0 Å². The molecule has 0 saturated carbocycles. The first-order chi connectivity index (χ1) is 26.7. The number of rotatable bonds is 12. The van der Waals surface area contributed by atoms with E-state index in [1.165, 1.54) is 48.5 Å². The van der Waals surface area contributed by atoms with E-state index in [-0.39, 0.29) is 40.5 Å². The van der Waals surface area contributed by atoms with Gasteiger partial charge in [-0.2, -0.15) is 5.48 Å². The van der Waals surface area contributed by atoms with Crippen molar-refractivity contribution < 1.29 is 38.6 Å². The first-order valence-corrected chi connectivity index (χ1v) is 17.8. The number of methoxy groups -OCH3 is 1. The number of quaternary nitrogens is 1. The van der Waals surface area contributed by atoms with Crippen molar-refractivity contribution in [1.82, 2.24) is 14.8 Å². The van der Waals surface area contributed by atoms with Gasteiger partial charge < -0.3 is 20.3 Å². The Morgan fingerprint density at radius 1 is 0.836 bits per heavy atom. The molecule has 4 amide bonds. The quantitative estimate of drug-likeness (QED) is 0.0903. The topological polar surface area (TPSA) is 144 Å². The Balaban J connectivity index is 1.15. The number of benzene rings is 4. The van der Waals surface area contributed by atoms with Crippen molar-refractivity contribution in [3.63, 3.8) is 0 Å². The Bertz CT molecular complexity index is 2030. The van der Waals surface area contributed by atoms with Gasteiger partial charge in [0.05, 0.1) is 18.5 Å². The van der Waals surface area contributed by atoms with E-state index in [9.17, 15) is 28.4 Å². The molecule has 0 spiro atoms. The first kappa shape index (κ1) is 38.5. The first-order valence-electron chi connectivity index (χ1n) is 17.8. The molecular weight excluding hydrogens is 708 g/mol. The number of carbonyl (C=O) groups excluding carboxylic acids is 3. The van der Waals surface area contributed by atoms with E-state index < -0.39 is 17.8 Å². The van der Waals surface area contributed by atoms with Crippen molar-refractivity contribution in [2.24, 2.45) is 0 Å². The molecule has 284 valence electrons. The minimum atomic E-state index is -0.947. The number of nitrogens with two attached hydrogens (primary N) is 1. The van der Waals surface area contributed by atoms with Crippen molar-refractivity contribution in [3.8, 4) is 5.75 Å². The maximum absolute atomic E-state index is 14.4. The van der Waals surface area contributed by atoms with E-state index in [4.69, 9.17) is 4.74 Å². The molecule has 0 unspecified atom stereocenters. The van der Waals surface area contributed by atoms with Crippen LogP contribution in [0.1, 0.15) is 29.9 Å². The summed E-state index contributed by atoms with van der Waals surface area (Å²) >= 11 is 0. The zero-order valence-electron chi connectivity index (χ0n) is 30.2. The van der Waals surface area contributed by atoms with Crippen LogP contribution in [0.2, 0.25) is 0 Å². The van der Waals surface area contributed by atoms with Crippen LogP contribution in [0.4, 0.5) is 42.1 Å². The summed E-state index contributed by atoms with van der Waals surface area (Å²) < 4.78 is 32.9. The second-order valence-corrected chi connectivity index (χ2v) is 12.9. The van der Waals surface area contributed by atoms with Crippen molar-refractivity contribution in [3.05, 3.63) is 138 Å². The van der Waals surface area contributed by atoms with E-state index in [2.05, 4.69) is 20.5 Å². The third-order valence-electron chi connectivity index (χ3n) is 9.44. The van der Waals surface area contributed by atoms with Crippen LogP contribution in [0.3, 0.4) is 0 Å². The second-order valence-electron chi connectivity index (χ2n) is 12.9. The third-order valence-corrected chi connectivity index (χ3v) is 9.44. The molecule has 14 heteroatoms. The average molecular weight is 751 g/mol. The minimum Gasteiger partial charge on any atom is -0.495 e. The van der Waals surface area contributed by atoms with Gasteiger partial charge >= 0.3 is 17.8 Å². The molecule has 1 saturated heterocycles. The van der Waals surface area contributed by atoms with Crippen LogP contribution in [0.5, 0.6) is 5.75 Å². The van der Waals surface area contributed by atoms with Crippen LogP contribution in [0, 0.1) is 11.6 Å². The summed E-state index contributed by atoms with van der Waals surface area (Å²) in [6, 6.07) is 28.9. The Kier molecular flexibility index (Phi) is 12.7. The molecule has 1 aliphatic heterocycles. The second kappa shape index (κ2) is 18.2. The van der Waals surface area contributed by atoms with Crippen LogP contribution < -0.4 is 25.8 Å². The Hall–Kier alpha value is -6.22. The van der Waals surface area contributed by atoms with Gasteiger partial charge in [0.25, 0.3) is 0 Å². The van der Waals surface area contributed by atoms with Gasteiger partial charge in [-0.25, -0.2) is 28.7 Å². The van der Waals surface area contributed by atoms with E-state index in [1.807, 2.05) is 0 Å². The molecule has 0 bridgehead atoms. The molecule has 5 aromatic rings. The number of halogens is 2. The van der Waals surface area contributed by atoms with Crippen LogP contribution in [0.15, 0.2) is 115 Å². The summed E-state index contributed by atoms with van der Waals surface area (Å²) in [5.74, 6) is -2.10. The van der Waals surface area contributed by atoms with E-state index in [0.717, 1.165) is 36.0 Å². The molecule has 1 fully saturated rings. The molecule has 0 atom stereocenters. The Labute approximate surface area is 317 Å². The Morgan fingerprint density at radius 2 is 1.47 bits per heavy atom. The number of piperazine rings is 1. The van der Waals surface area contributed by atoms with E-state index >= 15 is 0 Å². The summed E-state index contributed by atoms with van der Waals surface area (Å²) in [5.41, 5.74) is 3.95. The zero-order valence-corrected chi connectivity index (χ0v) is 30.2. The molecule has 55 heavy (non-hydrogen) atoms. The fraction of sp³-hybridized carbons (Fsp3) is 0.220. The number of amides is 4. The van der Waals surface area contributed by atoms with Gasteiger partial charge in [-0.3, -0.25) is 14.5 Å². The molecule has 4 aromatic carbocycles. The fourth-order valence-corrected chi connectivity index (χ4v) is 6.58. The summed E-state index contributed by atoms with van der Waals surface area (Å²) in [4.78, 5) is 49.9. The number of ether oxygens (including phenoxy) is 1. The molecule has 0 aliphatic carbocycles. The smallest absolute Gasteiger partial charge is 0.330 e. The SMILES string of the molecule is COc1ccc(N(C(=O)N2CCN(CCCC(c3ccc(F)cc3)c3ccc(F)cc3)CC2)c2ncccc2[NH2+]O)cc1NC(=O)C(=O)Nc1ccccc1. The maximum atomic E-state index is 14.4. The highest BCUT2D eigenvalue weighted by Crippen LogP contribution is 2.36. The summed E-state index contributed by atoms with van der Waals surface area (Å²) in [7, 11) is 1.42. The van der Waals surface area contributed by atoms with Crippen LogP contribution in [-0.4, -0.2) is 77.7 Å². The number of carbonyl (C=O) groups is 3. The van der Waals surface area contributed by atoms with Gasteiger partial charge in [0.2, 0.25) is 11.5 Å². The predicted molar refractivity (Wildman–Crippen MR) is 204 cm³/mol. The number of anilines is 4. The van der Waals surface area contributed by atoms with E-state index in [1.54, 1.807) is 83.8 Å². The molecule has 6 rings (SSSR count). The Morgan fingerprint density at radius 3 is 2.09 bits per heavy atom. The lowest BCUT2D eigenvalue weighted by Crippen LogP contribution is -2.74. The lowest BCUT2D eigenvalue weighted by atomic mass is 9.87. The number of hydrogen-bond acceptors (Lipinski definition) is 7. The fourth-order valence-electron chi connectivity index (χ4n) is 6.58. The van der Waals surface area contributed by atoms with Crippen LogP contribution in [0.25, 0.3) is 0 Å². The molecule has 1 aromatic heterocycles. The van der Waals surface area contributed by atoms with Gasteiger partial charge in [-0.05, 0) is 91.2 Å². The molecule has 5 N–H and O–H groups in total. The van der Waals surface area contributed by atoms with Gasteiger partial charge in [-0.1, -0.05) is 42.5 Å². The van der Waals surface area contributed by atoms with Crippen molar-refractivity contribution in [2.45, 2.75) is 18.8 Å². The number of hydrogen-bond donors (Lipinski definition) is 4. The lowest BCUT2D eigenvalue weighted by Gasteiger charge is -2.37. The van der Waals surface area contributed by atoms with Crippen molar-refractivity contribution in [1.29, 1.82) is 0 Å². The number of urea groups is 1. The summed E-state index contributed by atoms with van der Waals surface area (Å²) in [5, 5.41) is 15.2. The van der Waals surface area contributed by atoms with Crippen LogP contribution in [-0.2, 0) is 9.59 Å². The number of aromatic nitrogens is 1. The van der Waals surface area contributed by atoms with E-state index in [0.29, 0.717) is 37.6 Å². The number of para-hydroxylation sites is 1. The molecule has 1 aliphatic rings. The lowest BCUT2D eigenvalue weighted by molar-refractivity contribution is -0.825. The van der Waals surface area contributed by atoms with Crippen LogP contribution >= 0.6 is 0 Å². The van der Waals surface area contributed by atoms with Crippen molar-refractivity contribution in [2.75, 3.05) is 55.4 Å². The highest BCUT2D eigenvalue weighted by Gasteiger charge is 2.31. The predicted octanol–water partition coefficient (Wildman–Crippen LogP) is 6.02. The zero-order chi connectivity index (χ0) is 38.7. The highest BCUT2D eigenvalue weighted by atomic mass is 19.1. The molecule has 0 radical (unpaired) electrons. The highest BCUT2D eigenvalue weighted by molar-refractivity contribution is 6.43. The number of nitrogens with one attached hydrogen (secondary N) is 2. The summed E-state index contributed by atoms with van der Waals surface area (Å²) in [6.45, 7) is 2.75. The minimum absolute atomic E-state index is 0.0362. The summed E-state index contributed by atoms with van der Waals surface area (Å²) in [6.07, 6.45) is 3.08. The molecule has 12 nitrogen and oxygen atoms in total. The normalized spacial score (nSPS) is 13.0. The maximum Gasteiger partial charge on any atom is 0.330 e. The van der Waals surface area contributed by atoms with Crippen molar-refractivity contribution >= 4 is 46.4 Å². The largest absolute Gasteiger partial charge is 0.495 e. The van der Waals surface area contributed by atoms with Gasteiger partial charge in [0, 0.05) is 50.0 Å². The number of pyridine rings is 1. The molecular formula is C41H42F2N7O5+. The van der Waals surface area contributed by atoms with Gasteiger partial charge in [0.15, 0.2) is 0 Å².